The van der Waals surface area contributed by atoms with Gasteiger partial charge in [0.15, 0.2) is 0 Å². The summed E-state index contributed by atoms with van der Waals surface area (Å²) in [6.07, 6.45) is 3.47. The summed E-state index contributed by atoms with van der Waals surface area (Å²) in [6.45, 7) is 6.16. The van der Waals surface area contributed by atoms with Crippen molar-refractivity contribution in [2.24, 2.45) is 5.92 Å². The van der Waals surface area contributed by atoms with Gasteiger partial charge in [0.25, 0.3) is 5.91 Å². The second-order valence-corrected chi connectivity index (χ2v) is 12.7. The average Bonchev–Trinajstić information content (AvgIpc) is 3.85. The Morgan fingerprint density at radius 3 is 2.37 bits per heavy atom. The SMILES string of the molecule is COc1cc(CN2C(=O)N([C@@H](CN[C@@H](CCO)c3ccccc3)CC3CC3)C(=O)C2(C)C)ccc1NC(=O)Nc1ccccc1C. The number of aliphatic hydroxyl groups excluding tert-OH is 1. The van der Waals surface area contributed by atoms with E-state index in [0.717, 1.165) is 36.0 Å². The predicted octanol–water partition coefficient (Wildman–Crippen LogP) is 6.07. The van der Waals surface area contributed by atoms with Gasteiger partial charge in [-0.3, -0.25) is 9.69 Å². The van der Waals surface area contributed by atoms with Gasteiger partial charge in [-0.15, -0.1) is 0 Å². The Morgan fingerprint density at radius 1 is 1.00 bits per heavy atom. The van der Waals surface area contributed by atoms with E-state index in [2.05, 4.69) is 16.0 Å². The molecule has 1 aliphatic carbocycles. The molecular formula is C36H45N5O5. The lowest BCUT2D eigenvalue weighted by Gasteiger charge is -2.29. The van der Waals surface area contributed by atoms with Gasteiger partial charge >= 0.3 is 12.1 Å². The third kappa shape index (κ3) is 7.51. The second kappa shape index (κ2) is 14.3. The molecule has 46 heavy (non-hydrogen) atoms. The number of carbonyl (C=O) groups excluding carboxylic acids is 3. The van der Waals surface area contributed by atoms with Crippen molar-refractivity contribution >= 4 is 29.3 Å². The Bertz CT molecular complexity index is 1540. The molecule has 2 fully saturated rings. The number of amides is 5. The molecule has 0 bridgehead atoms. The summed E-state index contributed by atoms with van der Waals surface area (Å²) < 4.78 is 5.60. The number of aryl methyl sites for hydroxylation is 1. The highest BCUT2D eigenvalue weighted by Crippen LogP contribution is 2.39. The van der Waals surface area contributed by atoms with Crippen molar-refractivity contribution in [3.05, 3.63) is 89.5 Å². The number of hydrogen-bond acceptors (Lipinski definition) is 6. The number of nitrogens with zero attached hydrogens (tertiary/aromatic N) is 2. The fourth-order valence-electron chi connectivity index (χ4n) is 6.06. The molecule has 4 N–H and O–H groups in total. The molecule has 1 heterocycles. The molecule has 1 aliphatic heterocycles. The van der Waals surface area contributed by atoms with Crippen LogP contribution in [0.2, 0.25) is 0 Å². The summed E-state index contributed by atoms with van der Waals surface area (Å²) in [6, 6.07) is 21.7. The van der Waals surface area contributed by atoms with Gasteiger partial charge in [-0.1, -0.05) is 67.4 Å². The highest BCUT2D eigenvalue weighted by Gasteiger charge is 2.53. The van der Waals surface area contributed by atoms with E-state index < -0.39 is 11.6 Å². The lowest BCUT2D eigenvalue weighted by atomic mass is 10.0. The first-order chi connectivity index (χ1) is 22.1. The number of ether oxygens (including phenoxy) is 1. The van der Waals surface area contributed by atoms with Gasteiger partial charge in [-0.05, 0) is 74.4 Å². The first-order valence-electron chi connectivity index (χ1n) is 16.0. The average molecular weight is 628 g/mol. The summed E-state index contributed by atoms with van der Waals surface area (Å²) in [5, 5.41) is 19.0. The zero-order valence-electron chi connectivity index (χ0n) is 27.1. The number of methoxy groups -OCH3 is 1. The molecule has 3 aromatic rings. The number of nitrogens with one attached hydrogen (secondary N) is 3. The molecule has 0 unspecified atom stereocenters. The first kappa shape index (κ1) is 33.0. The Hall–Kier alpha value is -4.41. The van der Waals surface area contributed by atoms with Gasteiger partial charge in [0.2, 0.25) is 0 Å². The number of carbonyl (C=O) groups is 3. The number of benzene rings is 3. The Kier molecular flexibility index (Phi) is 10.3. The van der Waals surface area contributed by atoms with Crippen LogP contribution in [0, 0.1) is 12.8 Å². The van der Waals surface area contributed by atoms with E-state index in [1.165, 1.54) is 12.0 Å². The number of hydrogen-bond donors (Lipinski definition) is 4. The lowest BCUT2D eigenvalue weighted by molar-refractivity contribution is -0.133. The fraction of sp³-hybridized carbons (Fsp3) is 0.417. The lowest BCUT2D eigenvalue weighted by Crippen LogP contribution is -2.48. The number of aliphatic hydroxyl groups is 1. The minimum atomic E-state index is -1.06. The van der Waals surface area contributed by atoms with Gasteiger partial charge in [0, 0.05) is 31.4 Å². The summed E-state index contributed by atoms with van der Waals surface area (Å²) in [5.41, 5.74) is 2.90. The van der Waals surface area contributed by atoms with E-state index in [4.69, 9.17) is 4.74 Å². The van der Waals surface area contributed by atoms with E-state index >= 15 is 0 Å². The minimum absolute atomic E-state index is 0.0252. The molecule has 5 amide bonds. The van der Waals surface area contributed by atoms with Crippen molar-refractivity contribution in [3.63, 3.8) is 0 Å². The largest absolute Gasteiger partial charge is 0.495 e. The molecular weight excluding hydrogens is 582 g/mol. The molecule has 1 saturated heterocycles. The normalized spacial score (nSPS) is 17.2. The topological polar surface area (TPSA) is 123 Å². The molecule has 5 rings (SSSR count). The Balaban J connectivity index is 1.30. The molecule has 0 aromatic heterocycles. The third-order valence-corrected chi connectivity index (χ3v) is 8.99. The quantitative estimate of drug-likeness (QED) is 0.161. The summed E-state index contributed by atoms with van der Waals surface area (Å²) in [5.74, 6) is 0.711. The second-order valence-electron chi connectivity index (χ2n) is 12.7. The van der Waals surface area contributed by atoms with Crippen LogP contribution < -0.4 is 20.7 Å². The summed E-state index contributed by atoms with van der Waals surface area (Å²) in [4.78, 5) is 43.8. The van der Waals surface area contributed by atoms with Crippen LogP contribution in [-0.2, 0) is 11.3 Å². The van der Waals surface area contributed by atoms with Gasteiger partial charge in [-0.25, -0.2) is 9.59 Å². The van der Waals surface area contributed by atoms with Crippen molar-refractivity contribution in [2.45, 2.75) is 70.6 Å². The first-order valence-corrected chi connectivity index (χ1v) is 16.0. The van der Waals surface area contributed by atoms with Crippen LogP contribution in [0.1, 0.15) is 62.3 Å². The van der Waals surface area contributed by atoms with Crippen LogP contribution in [0.3, 0.4) is 0 Å². The number of rotatable bonds is 14. The van der Waals surface area contributed by atoms with Crippen molar-refractivity contribution in [1.29, 1.82) is 0 Å². The van der Waals surface area contributed by atoms with Gasteiger partial charge in [0.05, 0.1) is 18.8 Å². The third-order valence-electron chi connectivity index (χ3n) is 8.99. The van der Waals surface area contributed by atoms with Crippen LogP contribution in [0.5, 0.6) is 5.75 Å². The number of para-hydroxylation sites is 1. The highest BCUT2D eigenvalue weighted by atomic mass is 16.5. The number of imide groups is 1. The van der Waals surface area contributed by atoms with Crippen LogP contribution >= 0.6 is 0 Å². The molecule has 0 radical (unpaired) electrons. The molecule has 0 spiro atoms. The van der Waals surface area contributed by atoms with Crippen molar-refractivity contribution in [2.75, 3.05) is 30.9 Å². The van der Waals surface area contributed by atoms with Crippen LogP contribution in [0.15, 0.2) is 72.8 Å². The maximum absolute atomic E-state index is 14.1. The molecule has 244 valence electrons. The zero-order valence-corrected chi connectivity index (χ0v) is 27.1. The Labute approximate surface area is 271 Å². The van der Waals surface area contributed by atoms with Crippen LogP contribution in [-0.4, -0.2) is 64.7 Å². The maximum Gasteiger partial charge on any atom is 0.328 e. The van der Waals surface area contributed by atoms with Crippen molar-refractivity contribution in [1.82, 2.24) is 15.1 Å². The molecule has 3 aromatic carbocycles. The smallest absolute Gasteiger partial charge is 0.328 e. The van der Waals surface area contributed by atoms with Crippen molar-refractivity contribution in [3.8, 4) is 5.75 Å². The minimum Gasteiger partial charge on any atom is -0.495 e. The predicted molar refractivity (Wildman–Crippen MR) is 179 cm³/mol. The number of urea groups is 2. The molecule has 2 atom stereocenters. The van der Waals surface area contributed by atoms with E-state index in [1.54, 1.807) is 30.9 Å². The van der Waals surface area contributed by atoms with Crippen LogP contribution in [0.25, 0.3) is 0 Å². The van der Waals surface area contributed by atoms with Crippen LogP contribution in [0.4, 0.5) is 21.0 Å². The summed E-state index contributed by atoms with van der Waals surface area (Å²) >= 11 is 0. The monoisotopic (exact) mass is 627 g/mol. The van der Waals surface area contributed by atoms with E-state index in [-0.39, 0.29) is 37.2 Å². The molecule has 10 nitrogen and oxygen atoms in total. The molecule has 2 aliphatic rings. The summed E-state index contributed by atoms with van der Waals surface area (Å²) in [7, 11) is 1.52. The molecule has 10 heteroatoms. The fourth-order valence-corrected chi connectivity index (χ4v) is 6.06. The van der Waals surface area contributed by atoms with Gasteiger partial charge in [-0.2, -0.15) is 0 Å². The Morgan fingerprint density at radius 2 is 1.70 bits per heavy atom. The van der Waals surface area contributed by atoms with Gasteiger partial charge < -0.3 is 30.7 Å². The standard InChI is InChI=1S/C36H45N5O5/c1-24-10-8-9-13-29(24)38-34(44)39-31-17-16-26(21-32(31)46-4)23-40-35(45)41(33(43)36(40,2)3)28(20-25-14-15-25)22-37-30(18-19-42)27-11-6-5-7-12-27/h5-13,16-17,21,25,28,30,37,42H,14-15,18-20,22-23H2,1-4H3,(H2,38,39,44)/t28-,30+/m1/s1. The van der Waals surface area contributed by atoms with Crippen molar-refractivity contribution < 1.29 is 24.2 Å². The highest BCUT2D eigenvalue weighted by molar-refractivity contribution is 6.07. The van der Waals surface area contributed by atoms with E-state index in [1.807, 2.05) is 67.6 Å². The maximum atomic E-state index is 14.1. The van der Waals surface area contributed by atoms with Gasteiger partial charge in [0.1, 0.15) is 11.3 Å². The molecule has 1 saturated carbocycles. The zero-order chi connectivity index (χ0) is 32.8. The number of anilines is 2. The van der Waals surface area contributed by atoms with E-state index in [0.29, 0.717) is 36.0 Å². The van der Waals surface area contributed by atoms with E-state index in [9.17, 15) is 19.5 Å².